The Morgan fingerprint density at radius 3 is 2.56 bits per heavy atom. The summed E-state index contributed by atoms with van der Waals surface area (Å²) in [5, 5.41) is 13.2. The molecule has 0 bridgehead atoms. The Kier molecular flexibility index (Phi) is 5.39. The number of piperidine rings is 1. The number of urea groups is 1. The zero-order chi connectivity index (χ0) is 18.9. The summed E-state index contributed by atoms with van der Waals surface area (Å²) in [4.78, 5) is 16.1. The van der Waals surface area contributed by atoms with Crippen LogP contribution in [0.5, 0.6) is 0 Å². The van der Waals surface area contributed by atoms with Crippen LogP contribution in [0.15, 0.2) is 30.3 Å². The summed E-state index contributed by atoms with van der Waals surface area (Å²) < 4.78 is 5.55. The Morgan fingerprint density at radius 2 is 1.93 bits per heavy atom. The van der Waals surface area contributed by atoms with Crippen molar-refractivity contribution >= 4 is 6.03 Å². The van der Waals surface area contributed by atoms with Gasteiger partial charge in [0.15, 0.2) is 0 Å². The number of ether oxygens (including phenoxy) is 1. The fraction of sp³-hybridized carbons (Fsp3) is 0.667. The summed E-state index contributed by atoms with van der Waals surface area (Å²) in [5.74, 6) is 0.630. The van der Waals surface area contributed by atoms with Gasteiger partial charge < -0.3 is 25.0 Å². The zero-order valence-corrected chi connectivity index (χ0v) is 16.1. The van der Waals surface area contributed by atoms with E-state index in [0.29, 0.717) is 25.0 Å². The van der Waals surface area contributed by atoms with Gasteiger partial charge in [-0.1, -0.05) is 30.3 Å². The van der Waals surface area contributed by atoms with Crippen LogP contribution in [0.3, 0.4) is 0 Å². The summed E-state index contributed by atoms with van der Waals surface area (Å²) in [6.45, 7) is 4.16. The minimum atomic E-state index is -0.341. The highest BCUT2D eigenvalue weighted by Gasteiger charge is 2.42. The number of methoxy groups -OCH3 is 1. The lowest BCUT2D eigenvalue weighted by atomic mass is 9.79. The van der Waals surface area contributed by atoms with Crippen molar-refractivity contribution in [2.75, 3.05) is 46.4 Å². The molecule has 0 aromatic heterocycles. The SMILES string of the molecule is COCC1(CNC2CC2c2ccccc2)CCN(C(=O)N2CC(O)C2)CC1. The van der Waals surface area contributed by atoms with Crippen molar-refractivity contribution in [3.8, 4) is 0 Å². The van der Waals surface area contributed by atoms with E-state index < -0.39 is 0 Å². The van der Waals surface area contributed by atoms with E-state index in [1.165, 1.54) is 12.0 Å². The lowest BCUT2D eigenvalue weighted by Gasteiger charge is -2.45. The number of carbonyl (C=O) groups is 1. The standard InChI is InChI=1S/C21H31N3O3/c1-27-15-21(14-22-19-11-18(19)16-5-3-2-4-6-16)7-9-23(10-8-21)20(26)24-12-17(25)13-24/h2-6,17-19,22,25H,7-15H2,1H3. The van der Waals surface area contributed by atoms with Gasteiger partial charge in [0.2, 0.25) is 0 Å². The number of hydrogen-bond acceptors (Lipinski definition) is 4. The Balaban J connectivity index is 1.27. The van der Waals surface area contributed by atoms with Gasteiger partial charge in [0.1, 0.15) is 0 Å². The molecule has 2 amide bonds. The normalized spacial score (nSPS) is 27.3. The van der Waals surface area contributed by atoms with Crippen LogP contribution >= 0.6 is 0 Å². The molecule has 2 N–H and O–H groups in total. The van der Waals surface area contributed by atoms with Crippen LogP contribution in [0.25, 0.3) is 0 Å². The summed E-state index contributed by atoms with van der Waals surface area (Å²) >= 11 is 0. The van der Waals surface area contributed by atoms with Crippen molar-refractivity contribution in [1.29, 1.82) is 0 Å². The lowest BCUT2D eigenvalue weighted by Crippen LogP contribution is -2.59. The number of carbonyl (C=O) groups excluding carboxylic acids is 1. The molecule has 1 aromatic carbocycles. The Morgan fingerprint density at radius 1 is 1.22 bits per heavy atom. The number of β-amino-alcohol motifs (C(OH)–C–C–N with tert-alkyl or cyclic N) is 1. The molecule has 6 nitrogen and oxygen atoms in total. The van der Waals surface area contributed by atoms with E-state index in [2.05, 4.69) is 35.6 Å². The predicted molar refractivity (Wildman–Crippen MR) is 104 cm³/mol. The summed E-state index contributed by atoms with van der Waals surface area (Å²) in [6, 6.07) is 11.4. The van der Waals surface area contributed by atoms with E-state index in [1.54, 1.807) is 12.0 Å². The van der Waals surface area contributed by atoms with Crippen LogP contribution in [0.2, 0.25) is 0 Å². The molecule has 0 radical (unpaired) electrons. The fourth-order valence-electron chi connectivity index (χ4n) is 4.50. The molecule has 0 spiro atoms. The lowest BCUT2D eigenvalue weighted by molar-refractivity contribution is -0.00302. The minimum Gasteiger partial charge on any atom is -0.389 e. The van der Waals surface area contributed by atoms with Crippen molar-refractivity contribution < 1.29 is 14.6 Å². The minimum absolute atomic E-state index is 0.0746. The molecule has 1 saturated carbocycles. The van der Waals surface area contributed by atoms with Gasteiger partial charge in [-0.05, 0) is 24.8 Å². The quantitative estimate of drug-likeness (QED) is 0.796. The Bertz CT molecular complexity index is 639. The smallest absolute Gasteiger partial charge is 0.320 e. The third-order valence-electron chi connectivity index (χ3n) is 6.44. The van der Waals surface area contributed by atoms with Gasteiger partial charge in [-0.15, -0.1) is 0 Å². The summed E-state index contributed by atoms with van der Waals surface area (Å²) in [7, 11) is 1.77. The molecule has 2 heterocycles. The van der Waals surface area contributed by atoms with Crippen LogP contribution in [0.4, 0.5) is 4.79 Å². The number of aliphatic hydroxyl groups excluding tert-OH is 1. The molecule has 2 unspecified atom stereocenters. The molecule has 148 valence electrons. The molecule has 1 aromatic rings. The average molecular weight is 373 g/mol. The third kappa shape index (κ3) is 4.13. The second-order valence-corrected chi connectivity index (χ2v) is 8.50. The van der Waals surface area contributed by atoms with E-state index in [0.717, 1.165) is 39.1 Å². The number of amides is 2. The topological polar surface area (TPSA) is 65.0 Å². The first kappa shape index (κ1) is 18.7. The van der Waals surface area contributed by atoms with Crippen LogP contribution in [0.1, 0.15) is 30.7 Å². The molecule has 2 atom stereocenters. The van der Waals surface area contributed by atoms with E-state index >= 15 is 0 Å². The summed E-state index contributed by atoms with van der Waals surface area (Å²) in [6.07, 6.45) is 2.78. The highest BCUT2D eigenvalue weighted by molar-refractivity contribution is 5.75. The summed E-state index contributed by atoms with van der Waals surface area (Å²) in [5.41, 5.74) is 1.53. The van der Waals surface area contributed by atoms with Gasteiger partial charge in [-0.25, -0.2) is 4.79 Å². The van der Waals surface area contributed by atoms with Crippen molar-refractivity contribution in [1.82, 2.24) is 15.1 Å². The first-order valence-electron chi connectivity index (χ1n) is 10.1. The van der Waals surface area contributed by atoms with Gasteiger partial charge in [0.05, 0.1) is 25.8 Å². The van der Waals surface area contributed by atoms with Gasteiger partial charge >= 0.3 is 6.03 Å². The highest BCUT2D eigenvalue weighted by Crippen LogP contribution is 2.42. The second-order valence-electron chi connectivity index (χ2n) is 8.50. The molecule has 6 heteroatoms. The van der Waals surface area contributed by atoms with Crippen LogP contribution < -0.4 is 5.32 Å². The molecule has 4 rings (SSSR count). The molecular formula is C21H31N3O3. The Hall–Kier alpha value is -1.63. The van der Waals surface area contributed by atoms with Gasteiger partial charge in [-0.2, -0.15) is 0 Å². The van der Waals surface area contributed by atoms with Crippen molar-refractivity contribution in [2.45, 2.75) is 37.3 Å². The van der Waals surface area contributed by atoms with Gasteiger partial charge in [-0.3, -0.25) is 0 Å². The van der Waals surface area contributed by atoms with Gasteiger partial charge in [0, 0.05) is 44.1 Å². The number of aliphatic hydroxyl groups is 1. The van der Waals surface area contributed by atoms with Crippen molar-refractivity contribution in [2.24, 2.45) is 5.41 Å². The average Bonchev–Trinajstić information content (AvgIpc) is 3.45. The number of rotatable bonds is 6. The van der Waals surface area contributed by atoms with Crippen molar-refractivity contribution in [3.05, 3.63) is 35.9 Å². The van der Waals surface area contributed by atoms with Crippen LogP contribution in [-0.4, -0.2) is 79.5 Å². The number of hydrogen-bond donors (Lipinski definition) is 2. The number of nitrogens with zero attached hydrogens (tertiary/aromatic N) is 2. The fourth-order valence-corrected chi connectivity index (χ4v) is 4.50. The monoisotopic (exact) mass is 373 g/mol. The Labute approximate surface area is 161 Å². The van der Waals surface area contributed by atoms with E-state index in [4.69, 9.17) is 4.74 Å². The number of benzene rings is 1. The second kappa shape index (κ2) is 7.78. The maximum absolute atomic E-state index is 12.5. The molecule has 3 fully saturated rings. The third-order valence-corrected chi connectivity index (χ3v) is 6.44. The molecule has 2 saturated heterocycles. The number of nitrogens with one attached hydrogen (secondary N) is 1. The first-order valence-corrected chi connectivity index (χ1v) is 10.1. The van der Waals surface area contributed by atoms with Crippen molar-refractivity contribution in [3.63, 3.8) is 0 Å². The highest BCUT2D eigenvalue weighted by atomic mass is 16.5. The van der Waals surface area contributed by atoms with Crippen LogP contribution in [0, 0.1) is 5.41 Å². The van der Waals surface area contributed by atoms with Gasteiger partial charge in [0.25, 0.3) is 0 Å². The predicted octanol–water partition coefficient (Wildman–Crippen LogP) is 1.66. The van der Waals surface area contributed by atoms with Crippen LogP contribution in [-0.2, 0) is 4.74 Å². The number of likely N-dealkylation sites (tertiary alicyclic amines) is 2. The maximum atomic E-state index is 12.5. The zero-order valence-electron chi connectivity index (χ0n) is 16.1. The molecule has 3 aliphatic rings. The largest absolute Gasteiger partial charge is 0.389 e. The maximum Gasteiger partial charge on any atom is 0.320 e. The molecule has 1 aliphatic carbocycles. The van der Waals surface area contributed by atoms with E-state index in [1.807, 2.05) is 4.90 Å². The van der Waals surface area contributed by atoms with E-state index in [9.17, 15) is 9.90 Å². The van der Waals surface area contributed by atoms with E-state index in [-0.39, 0.29) is 17.6 Å². The first-order chi connectivity index (χ1) is 13.1. The molecule has 27 heavy (non-hydrogen) atoms. The molecule has 2 aliphatic heterocycles. The molecular weight excluding hydrogens is 342 g/mol.